The summed E-state index contributed by atoms with van der Waals surface area (Å²) in [5, 5.41) is 12.6. The van der Waals surface area contributed by atoms with Crippen LogP contribution in [0.4, 0.5) is 13.2 Å². The van der Waals surface area contributed by atoms with Crippen LogP contribution in [0.2, 0.25) is 0 Å². The molecule has 1 amide bonds. The van der Waals surface area contributed by atoms with E-state index in [-0.39, 0.29) is 12.5 Å². The number of rotatable bonds is 4. The highest BCUT2D eigenvalue weighted by Crippen LogP contribution is 2.29. The van der Waals surface area contributed by atoms with Gasteiger partial charge in [0.25, 0.3) is 5.91 Å². The lowest BCUT2D eigenvalue weighted by atomic mass is 10.0. The summed E-state index contributed by atoms with van der Waals surface area (Å²) < 4.78 is 37.5. The molecule has 0 saturated carbocycles. The lowest BCUT2D eigenvalue weighted by Gasteiger charge is -2.14. The molecule has 2 aromatic carbocycles. The monoisotopic (exact) mass is 337 g/mol. The van der Waals surface area contributed by atoms with Crippen LogP contribution in [0.5, 0.6) is 0 Å². The minimum Gasteiger partial charge on any atom is -0.387 e. The minimum absolute atomic E-state index is 0.0862. The Morgan fingerprint density at radius 2 is 1.71 bits per heavy atom. The van der Waals surface area contributed by atoms with Crippen molar-refractivity contribution in [1.29, 1.82) is 0 Å². The highest BCUT2D eigenvalue weighted by atomic mass is 19.4. The number of aryl methyl sites for hydroxylation is 2. The first-order valence-electron chi connectivity index (χ1n) is 7.39. The van der Waals surface area contributed by atoms with E-state index >= 15 is 0 Å². The summed E-state index contributed by atoms with van der Waals surface area (Å²) in [6.45, 7) is 3.74. The van der Waals surface area contributed by atoms with Gasteiger partial charge in [0.2, 0.25) is 0 Å². The van der Waals surface area contributed by atoms with Crippen LogP contribution in [0.1, 0.15) is 38.7 Å². The molecule has 0 saturated heterocycles. The summed E-state index contributed by atoms with van der Waals surface area (Å²) in [5.41, 5.74) is 2.04. The Labute approximate surface area is 138 Å². The van der Waals surface area contributed by atoms with Crippen LogP contribution >= 0.6 is 0 Å². The number of hydrogen-bond acceptors (Lipinski definition) is 2. The SMILES string of the molecule is Cc1ccc(C(=O)NCC(O)c2ccc(C(F)(F)F)cc2)cc1C. The average molecular weight is 337 g/mol. The fourth-order valence-electron chi connectivity index (χ4n) is 2.19. The van der Waals surface area contributed by atoms with Crippen molar-refractivity contribution in [3.05, 3.63) is 70.3 Å². The van der Waals surface area contributed by atoms with Crippen molar-refractivity contribution in [3.63, 3.8) is 0 Å². The van der Waals surface area contributed by atoms with Crippen molar-refractivity contribution in [2.24, 2.45) is 0 Å². The molecule has 0 spiro atoms. The van der Waals surface area contributed by atoms with Crippen molar-refractivity contribution >= 4 is 5.91 Å². The van der Waals surface area contributed by atoms with Gasteiger partial charge in [-0.1, -0.05) is 18.2 Å². The largest absolute Gasteiger partial charge is 0.416 e. The maximum absolute atomic E-state index is 12.5. The molecule has 0 aliphatic carbocycles. The first-order valence-corrected chi connectivity index (χ1v) is 7.39. The number of hydrogen-bond donors (Lipinski definition) is 2. The Hall–Kier alpha value is -2.34. The van der Waals surface area contributed by atoms with E-state index in [4.69, 9.17) is 0 Å². The van der Waals surface area contributed by atoms with Crippen LogP contribution in [-0.4, -0.2) is 17.6 Å². The average Bonchev–Trinajstić information content (AvgIpc) is 2.54. The van der Waals surface area contributed by atoms with E-state index in [2.05, 4.69) is 5.32 Å². The van der Waals surface area contributed by atoms with E-state index in [9.17, 15) is 23.1 Å². The quantitative estimate of drug-likeness (QED) is 0.892. The number of benzene rings is 2. The van der Waals surface area contributed by atoms with Gasteiger partial charge < -0.3 is 10.4 Å². The van der Waals surface area contributed by atoms with Crippen molar-refractivity contribution < 1.29 is 23.1 Å². The molecular formula is C18H18F3NO2. The van der Waals surface area contributed by atoms with Crippen molar-refractivity contribution in [1.82, 2.24) is 5.32 Å². The van der Waals surface area contributed by atoms with Gasteiger partial charge in [0.1, 0.15) is 0 Å². The number of aliphatic hydroxyl groups excluding tert-OH is 1. The number of alkyl halides is 3. The molecule has 24 heavy (non-hydrogen) atoms. The molecule has 0 aromatic heterocycles. The smallest absolute Gasteiger partial charge is 0.387 e. The number of carbonyl (C=O) groups is 1. The van der Waals surface area contributed by atoms with E-state index < -0.39 is 17.8 Å². The van der Waals surface area contributed by atoms with Gasteiger partial charge in [0.15, 0.2) is 0 Å². The van der Waals surface area contributed by atoms with Crippen LogP contribution in [0.25, 0.3) is 0 Å². The molecule has 2 aromatic rings. The number of amides is 1. The second-order valence-corrected chi connectivity index (χ2v) is 5.64. The van der Waals surface area contributed by atoms with E-state index in [1.165, 1.54) is 12.1 Å². The Kier molecular flexibility index (Phi) is 5.29. The summed E-state index contributed by atoms with van der Waals surface area (Å²) in [6.07, 6.45) is -5.50. The van der Waals surface area contributed by atoms with E-state index in [1.807, 2.05) is 19.9 Å². The molecule has 1 atom stereocenters. The molecule has 0 fully saturated rings. The van der Waals surface area contributed by atoms with Gasteiger partial charge in [-0.2, -0.15) is 13.2 Å². The molecule has 1 unspecified atom stereocenters. The molecule has 6 heteroatoms. The standard InChI is InChI=1S/C18H18F3NO2/c1-11-3-4-14(9-12(11)2)17(24)22-10-16(23)13-5-7-15(8-6-13)18(19,20)21/h3-9,16,23H,10H2,1-2H3,(H,22,24). The van der Waals surface area contributed by atoms with Gasteiger partial charge in [-0.15, -0.1) is 0 Å². The number of carbonyl (C=O) groups excluding carboxylic acids is 1. The van der Waals surface area contributed by atoms with Crippen LogP contribution in [-0.2, 0) is 6.18 Å². The maximum Gasteiger partial charge on any atom is 0.416 e. The summed E-state index contributed by atoms with van der Waals surface area (Å²) in [6, 6.07) is 9.48. The third-order valence-electron chi connectivity index (χ3n) is 3.85. The third-order valence-corrected chi connectivity index (χ3v) is 3.85. The number of nitrogens with one attached hydrogen (secondary N) is 1. The van der Waals surface area contributed by atoms with Crippen LogP contribution in [0.15, 0.2) is 42.5 Å². The van der Waals surface area contributed by atoms with Gasteiger partial charge in [-0.25, -0.2) is 0 Å². The van der Waals surface area contributed by atoms with E-state index in [1.54, 1.807) is 12.1 Å². The molecule has 0 radical (unpaired) electrons. The summed E-state index contributed by atoms with van der Waals surface area (Å²) >= 11 is 0. The second kappa shape index (κ2) is 7.05. The zero-order valence-electron chi connectivity index (χ0n) is 13.3. The molecule has 0 bridgehead atoms. The highest BCUT2D eigenvalue weighted by molar-refractivity contribution is 5.94. The second-order valence-electron chi connectivity index (χ2n) is 5.64. The maximum atomic E-state index is 12.5. The van der Waals surface area contributed by atoms with E-state index in [0.717, 1.165) is 23.3 Å². The van der Waals surface area contributed by atoms with Crippen molar-refractivity contribution in [2.45, 2.75) is 26.1 Å². The Morgan fingerprint density at radius 1 is 1.08 bits per heavy atom. The predicted octanol–water partition coefficient (Wildman–Crippen LogP) is 3.79. The minimum atomic E-state index is -4.42. The molecule has 0 aliphatic rings. The fourth-order valence-corrected chi connectivity index (χ4v) is 2.19. The van der Waals surface area contributed by atoms with Gasteiger partial charge in [-0.05, 0) is 54.8 Å². The lowest BCUT2D eigenvalue weighted by molar-refractivity contribution is -0.137. The van der Waals surface area contributed by atoms with Gasteiger partial charge in [-0.3, -0.25) is 4.79 Å². The van der Waals surface area contributed by atoms with Crippen molar-refractivity contribution in [2.75, 3.05) is 6.54 Å². The van der Waals surface area contributed by atoms with Crippen molar-refractivity contribution in [3.8, 4) is 0 Å². The molecule has 128 valence electrons. The first-order chi connectivity index (χ1) is 11.2. The van der Waals surface area contributed by atoms with Crippen LogP contribution in [0.3, 0.4) is 0 Å². The Bertz CT molecular complexity index is 724. The first kappa shape index (κ1) is 18.0. The normalized spacial score (nSPS) is 12.8. The van der Waals surface area contributed by atoms with Gasteiger partial charge in [0, 0.05) is 12.1 Å². The summed E-state index contributed by atoms with van der Waals surface area (Å²) in [5.74, 6) is -0.343. The summed E-state index contributed by atoms with van der Waals surface area (Å²) in [7, 11) is 0. The zero-order valence-corrected chi connectivity index (χ0v) is 13.3. The molecule has 2 N–H and O–H groups in total. The predicted molar refractivity (Wildman–Crippen MR) is 84.7 cm³/mol. The Balaban J connectivity index is 1.98. The fraction of sp³-hybridized carbons (Fsp3) is 0.278. The van der Waals surface area contributed by atoms with Gasteiger partial charge in [0.05, 0.1) is 11.7 Å². The number of aliphatic hydroxyl groups is 1. The van der Waals surface area contributed by atoms with Crippen LogP contribution < -0.4 is 5.32 Å². The Morgan fingerprint density at radius 3 is 2.25 bits per heavy atom. The lowest BCUT2D eigenvalue weighted by Crippen LogP contribution is -2.28. The summed E-state index contributed by atoms with van der Waals surface area (Å²) in [4.78, 5) is 12.1. The number of halogens is 3. The highest BCUT2D eigenvalue weighted by Gasteiger charge is 2.30. The van der Waals surface area contributed by atoms with Gasteiger partial charge >= 0.3 is 6.18 Å². The molecule has 3 nitrogen and oxygen atoms in total. The topological polar surface area (TPSA) is 49.3 Å². The van der Waals surface area contributed by atoms with Crippen LogP contribution in [0, 0.1) is 13.8 Å². The molecule has 0 aliphatic heterocycles. The van der Waals surface area contributed by atoms with E-state index in [0.29, 0.717) is 11.1 Å². The molecule has 0 heterocycles. The molecular weight excluding hydrogens is 319 g/mol. The molecule has 2 rings (SSSR count). The third kappa shape index (κ3) is 4.35. The zero-order chi connectivity index (χ0) is 17.9.